The van der Waals surface area contributed by atoms with Crippen molar-refractivity contribution in [3.05, 3.63) is 0 Å². The molecule has 1 saturated heterocycles. The van der Waals surface area contributed by atoms with E-state index in [4.69, 9.17) is 16.3 Å². The molecule has 1 aliphatic rings. The molecule has 1 nitrogen and oxygen atoms in total. The van der Waals surface area contributed by atoms with E-state index in [1.807, 2.05) is 0 Å². The van der Waals surface area contributed by atoms with E-state index in [0.29, 0.717) is 17.2 Å². The van der Waals surface area contributed by atoms with Crippen LogP contribution in [0, 0.1) is 11.8 Å². The molecule has 0 N–H and O–H groups in total. The highest BCUT2D eigenvalue weighted by atomic mass is 35.5. The van der Waals surface area contributed by atoms with Crippen LogP contribution in [0.15, 0.2) is 0 Å². The average molecular weight is 177 g/mol. The molecule has 1 heterocycles. The summed E-state index contributed by atoms with van der Waals surface area (Å²) in [4.78, 5) is 0. The Labute approximate surface area is 74.1 Å². The lowest BCUT2D eigenvalue weighted by Crippen LogP contribution is -2.27. The van der Waals surface area contributed by atoms with Gasteiger partial charge in [-0.15, -0.1) is 11.6 Å². The molecule has 66 valence electrons. The van der Waals surface area contributed by atoms with E-state index in [2.05, 4.69) is 13.8 Å². The van der Waals surface area contributed by atoms with Crippen LogP contribution in [-0.2, 0) is 4.74 Å². The monoisotopic (exact) mass is 176 g/mol. The van der Waals surface area contributed by atoms with Crippen LogP contribution in [0.2, 0.25) is 0 Å². The minimum atomic E-state index is 0.346. The molecule has 1 fully saturated rings. The molecule has 1 atom stereocenters. The number of rotatable bonds is 2. The van der Waals surface area contributed by atoms with Gasteiger partial charge in [-0.2, -0.15) is 0 Å². The van der Waals surface area contributed by atoms with Gasteiger partial charge in [0.2, 0.25) is 0 Å². The number of hydrogen-bond acceptors (Lipinski definition) is 1. The molecule has 1 aliphatic heterocycles. The van der Waals surface area contributed by atoms with E-state index in [1.54, 1.807) is 0 Å². The molecule has 0 spiro atoms. The quantitative estimate of drug-likeness (QED) is 0.588. The van der Waals surface area contributed by atoms with Crippen molar-refractivity contribution in [2.75, 3.05) is 13.2 Å². The molecule has 1 rings (SSSR count). The topological polar surface area (TPSA) is 9.23 Å². The van der Waals surface area contributed by atoms with Gasteiger partial charge in [-0.1, -0.05) is 13.8 Å². The van der Waals surface area contributed by atoms with Crippen LogP contribution in [0.1, 0.15) is 26.7 Å². The maximum Gasteiger partial charge on any atom is 0.0469 e. The lowest BCUT2D eigenvalue weighted by molar-refractivity contribution is 0.0615. The first-order chi connectivity index (χ1) is 5.22. The minimum absolute atomic E-state index is 0.346. The molecule has 0 aromatic carbocycles. The Morgan fingerprint density at radius 3 is 2.27 bits per heavy atom. The molecule has 0 saturated carbocycles. The molecule has 0 aromatic rings. The molecule has 0 aromatic heterocycles. The number of ether oxygens (including phenoxy) is 1. The Bertz CT molecular complexity index is 108. The van der Waals surface area contributed by atoms with Crippen molar-refractivity contribution in [1.82, 2.24) is 0 Å². The summed E-state index contributed by atoms with van der Waals surface area (Å²) in [6.45, 7) is 6.18. The lowest BCUT2D eigenvalue weighted by Gasteiger charge is -2.28. The van der Waals surface area contributed by atoms with E-state index >= 15 is 0 Å². The van der Waals surface area contributed by atoms with Crippen LogP contribution in [-0.4, -0.2) is 18.6 Å². The Balaban J connectivity index is 2.32. The van der Waals surface area contributed by atoms with Gasteiger partial charge in [-0.3, -0.25) is 0 Å². The lowest BCUT2D eigenvalue weighted by atomic mass is 9.90. The Hall–Kier alpha value is 0.250. The molecular weight excluding hydrogens is 160 g/mol. The van der Waals surface area contributed by atoms with Crippen LogP contribution in [0.3, 0.4) is 0 Å². The van der Waals surface area contributed by atoms with Gasteiger partial charge in [-0.25, -0.2) is 0 Å². The molecule has 0 amide bonds. The fraction of sp³-hybridized carbons (Fsp3) is 1.00. The van der Waals surface area contributed by atoms with Crippen molar-refractivity contribution in [3.63, 3.8) is 0 Å². The van der Waals surface area contributed by atoms with Gasteiger partial charge in [0.25, 0.3) is 0 Å². The molecule has 0 radical (unpaired) electrons. The Morgan fingerprint density at radius 2 is 1.82 bits per heavy atom. The molecule has 0 aliphatic carbocycles. The van der Waals surface area contributed by atoms with Gasteiger partial charge < -0.3 is 4.74 Å². The molecule has 1 unspecified atom stereocenters. The fourth-order valence-corrected chi connectivity index (χ4v) is 1.83. The summed E-state index contributed by atoms with van der Waals surface area (Å²) in [5, 5.41) is 0.346. The maximum absolute atomic E-state index is 6.24. The zero-order chi connectivity index (χ0) is 8.27. The second kappa shape index (κ2) is 4.32. The highest BCUT2D eigenvalue weighted by molar-refractivity contribution is 6.20. The largest absolute Gasteiger partial charge is 0.381 e. The maximum atomic E-state index is 6.24. The fourth-order valence-electron chi connectivity index (χ4n) is 1.58. The molecule has 11 heavy (non-hydrogen) atoms. The van der Waals surface area contributed by atoms with Crippen LogP contribution < -0.4 is 0 Å². The molecular formula is C9H17ClO. The standard InChI is InChI=1S/C9H17ClO/c1-7(2)9(10)8-3-5-11-6-4-8/h7-9H,3-6H2,1-2H3. The van der Waals surface area contributed by atoms with Crippen molar-refractivity contribution in [3.8, 4) is 0 Å². The highest BCUT2D eigenvalue weighted by Gasteiger charge is 2.24. The summed E-state index contributed by atoms with van der Waals surface area (Å²) in [6, 6.07) is 0. The smallest absolute Gasteiger partial charge is 0.0469 e. The first kappa shape index (κ1) is 9.34. The van der Waals surface area contributed by atoms with Gasteiger partial charge in [0.1, 0.15) is 0 Å². The van der Waals surface area contributed by atoms with E-state index in [1.165, 1.54) is 0 Å². The van der Waals surface area contributed by atoms with Crippen LogP contribution in [0.5, 0.6) is 0 Å². The number of hydrogen-bond donors (Lipinski definition) is 0. The Kier molecular flexibility index (Phi) is 3.67. The summed E-state index contributed by atoms with van der Waals surface area (Å²) >= 11 is 6.24. The normalized spacial score (nSPS) is 24.0. The zero-order valence-electron chi connectivity index (χ0n) is 7.35. The van der Waals surface area contributed by atoms with E-state index < -0.39 is 0 Å². The third-order valence-corrected chi connectivity index (χ3v) is 3.21. The van der Waals surface area contributed by atoms with Gasteiger partial charge in [0.15, 0.2) is 0 Å². The molecule has 0 bridgehead atoms. The van der Waals surface area contributed by atoms with Crippen molar-refractivity contribution in [2.24, 2.45) is 11.8 Å². The van der Waals surface area contributed by atoms with E-state index in [0.717, 1.165) is 26.1 Å². The summed E-state index contributed by atoms with van der Waals surface area (Å²) in [5.74, 6) is 1.28. The van der Waals surface area contributed by atoms with Gasteiger partial charge >= 0.3 is 0 Å². The third-order valence-electron chi connectivity index (χ3n) is 2.35. The first-order valence-corrected chi connectivity index (χ1v) is 4.87. The van der Waals surface area contributed by atoms with Crippen molar-refractivity contribution in [2.45, 2.75) is 32.1 Å². The SMILES string of the molecule is CC(C)C(Cl)C1CCOCC1. The van der Waals surface area contributed by atoms with Crippen LogP contribution in [0.4, 0.5) is 0 Å². The van der Waals surface area contributed by atoms with Gasteiger partial charge in [-0.05, 0) is 24.7 Å². The van der Waals surface area contributed by atoms with Crippen LogP contribution in [0.25, 0.3) is 0 Å². The summed E-state index contributed by atoms with van der Waals surface area (Å²) in [6.07, 6.45) is 2.29. The van der Waals surface area contributed by atoms with E-state index in [9.17, 15) is 0 Å². The van der Waals surface area contributed by atoms with Crippen molar-refractivity contribution in [1.29, 1.82) is 0 Å². The predicted octanol–water partition coefficient (Wildman–Crippen LogP) is 2.68. The number of alkyl halides is 1. The van der Waals surface area contributed by atoms with Crippen LogP contribution >= 0.6 is 11.6 Å². The summed E-state index contributed by atoms with van der Waals surface area (Å²) in [7, 11) is 0. The van der Waals surface area contributed by atoms with Gasteiger partial charge in [0.05, 0.1) is 0 Å². The van der Waals surface area contributed by atoms with Crippen molar-refractivity contribution >= 4 is 11.6 Å². The first-order valence-electron chi connectivity index (χ1n) is 4.43. The third kappa shape index (κ3) is 2.64. The van der Waals surface area contributed by atoms with Crippen molar-refractivity contribution < 1.29 is 4.74 Å². The second-order valence-corrected chi connectivity index (χ2v) is 4.14. The number of halogens is 1. The zero-order valence-corrected chi connectivity index (χ0v) is 8.10. The van der Waals surface area contributed by atoms with Gasteiger partial charge in [0, 0.05) is 18.6 Å². The summed E-state index contributed by atoms with van der Waals surface area (Å²) in [5.41, 5.74) is 0. The van der Waals surface area contributed by atoms with E-state index in [-0.39, 0.29) is 0 Å². The second-order valence-electron chi connectivity index (χ2n) is 3.64. The minimum Gasteiger partial charge on any atom is -0.381 e. The Morgan fingerprint density at radius 1 is 1.27 bits per heavy atom. The predicted molar refractivity (Wildman–Crippen MR) is 48.0 cm³/mol. The summed E-state index contributed by atoms with van der Waals surface area (Å²) < 4.78 is 5.27. The highest BCUT2D eigenvalue weighted by Crippen LogP contribution is 2.27. The average Bonchev–Trinajstić information content (AvgIpc) is 2.05. The molecule has 2 heteroatoms.